The molecule has 0 aliphatic heterocycles. The van der Waals surface area contributed by atoms with E-state index in [1.807, 2.05) is 18.4 Å². The van der Waals surface area contributed by atoms with Gasteiger partial charge < -0.3 is 10.4 Å². The molecule has 5 heteroatoms. The van der Waals surface area contributed by atoms with Crippen molar-refractivity contribution in [3.05, 3.63) is 21.9 Å². The van der Waals surface area contributed by atoms with Crippen LogP contribution >= 0.6 is 11.3 Å². The average Bonchev–Trinajstić information content (AvgIpc) is 2.51. The molecule has 0 spiro atoms. The molecule has 14 heavy (non-hydrogen) atoms. The zero-order valence-corrected chi connectivity index (χ0v) is 8.50. The smallest absolute Gasteiger partial charge is 0.326 e. The number of carboxylic acids is 1. The van der Waals surface area contributed by atoms with Gasteiger partial charge in [-0.2, -0.15) is 0 Å². The zero-order chi connectivity index (χ0) is 10.6. The lowest BCUT2D eigenvalue weighted by molar-refractivity contribution is -0.140. The van der Waals surface area contributed by atoms with E-state index < -0.39 is 12.0 Å². The summed E-state index contributed by atoms with van der Waals surface area (Å²) < 4.78 is 0. The number of carbonyl (C=O) groups excluding carboxylic acids is 1. The number of aliphatic carboxylic acids is 1. The van der Waals surface area contributed by atoms with Crippen molar-refractivity contribution in [2.24, 2.45) is 0 Å². The van der Waals surface area contributed by atoms with Gasteiger partial charge in [0, 0.05) is 11.3 Å². The van der Waals surface area contributed by atoms with E-state index in [0.717, 1.165) is 10.4 Å². The van der Waals surface area contributed by atoms with Crippen molar-refractivity contribution >= 4 is 23.7 Å². The van der Waals surface area contributed by atoms with Crippen molar-refractivity contribution in [3.8, 4) is 0 Å². The number of thiophene rings is 1. The fourth-order valence-corrected chi connectivity index (χ4v) is 2.05. The van der Waals surface area contributed by atoms with Gasteiger partial charge in [-0.05, 0) is 23.9 Å². The number of rotatable bonds is 5. The van der Waals surface area contributed by atoms with Crippen LogP contribution in [0.4, 0.5) is 0 Å². The summed E-state index contributed by atoms with van der Waals surface area (Å²) in [5, 5.41) is 13.0. The van der Waals surface area contributed by atoms with Crippen molar-refractivity contribution in [2.75, 3.05) is 0 Å². The number of nitrogens with one attached hydrogen (secondary N) is 1. The van der Waals surface area contributed by atoms with Crippen molar-refractivity contribution in [1.29, 1.82) is 0 Å². The molecule has 1 unspecified atom stereocenters. The van der Waals surface area contributed by atoms with Crippen LogP contribution < -0.4 is 5.32 Å². The van der Waals surface area contributed by atoms with Gasteiger partial charge in [0.15, 0.2) is 0 Å². The molecule has 0 radical (unpaired) electrons. The van der Waals surface area contributed by atoms with E-state index in [-0.39, 0.29) is 0 Å². The molecule has 4 nitrogen and oxygen atoms in total. The fourth-order valence-electron chi connectivity index (χ4n) is 1.10. The predicted octanol–water partition coefficient (Wildman–Crippen LogP) is 0.798. The Morgan fingerprint density at radius 2 is 2.50 bits per heavy atom. The monoisotopic (exact) mass is 213 g/mol. The molecule has 0 bridgehead atoms. The quantitative estimate of drug-likeness (QED) is 0.711. The minimum atomic E-state index is -1.01. The minimum absolute atomic E-state index is 0.345. The molecule has 0 saturated heterocycles. The molecule has 0 aliphatic carbocycles. The van der Waals surface area contributed by atoms with Crippen LogP contribution in [0.1, 0.15) is 10.4 Å². The van der Waals surface area contributed by atoms with Crippen LogP contribution in [0.3, 0.4) is 0 Å². The van der Waals surface area contributed by atoms with Crippen molar-refractivity contribution in [1.82, 2.24) is 5.32 Å². The largest absolute Gasteiger partial charge is 0.480 e. The van der Waals surface area contributed by atoms with Crippen molar-refractivity contribution < 1.29 is 14.7 Å². The lowest BCUT2D eigenvalue weighted by atomic mass is 10.1. The maximum atomic E-state index is 10.7. The molecule has 0 saturated carbocycles. The highest BCUT2D eigenvalue weighted by Gasteiger charge is 2.18. The van der Waals surface area contributed by atoms with E-state index in [0.29, 0.717) is 12.8 Å². The molecule has 1 aromatic heterocycles. The number of carbonyl (C=O) groups is 2. The molecular weight excluding hydrogens is 202 g/mol. The molecule has 0 fully saturated rings. The van der Waals surface area contributed by atoms with Crippen LogP contribution in [0.15, 0.2) is 11.4 Å². The van der Waals surface area contributed by atoms with E-state index in [9.17, 15) is 9.59 Å². The lowest BCUT2D eigenvalue weighted by Gasteiger charge is -2.09. The van der Waals surface area contributed by atoms with E-state index in [1.54, 1.807) is 0 Å². The number of amides is 1. The Bertz CT molecular complexity index is 335. The van der Waals surface area contributed by atoms with Crippen LogP contribution in [-0.2, 0) is 16.0 Å². The first-order valence-corrected chi connectivity index (χ1v) is 4.98. The van der Waals surface area contributed by atoms with E-state index in [2.05, 4.69) is 5.32 Å². The van der Waals surface area contributed by atoms with Gasteiger partial charge in [0.05, 0.1) is 0 Å². The topological polar surface area (TPSA) is 66.4 Å². The van der Waals surface area contributed by atoms with Crippen LogP contribution in [0, 0.1) is 6.92 Å². The highest BCUT2D eigenvalue weighted by atomic mass is 32.1. The molecule has 1 atom stereocenters. The van der Waals surface area contributed by atoms with Crippen LogP contribution in [0.5, 0.6) is 0 Å². The molecule has 1 aromatic rings. The summed E-state index contributed by atoms with van der Waals surface area (Å²) in [6, 6.07) is 1.10. The molecule has 1 rings (SSSR count). The van der Waals surface area contributed by atoms with Gasteiger partial charge in [0.1, 0.15) is 6.04 Å². The zero-order valence-electron chi connectivity index (χ0n) is 7.69. The third kappa shape index (κ3) is 2.56. The van der Waals surface area contributed by atoms with Crippen LogP contribution in [0.2, 0.25) is 0 Å². The van der Waals surface area contributed by atoms with E-state index in [4.69, 9.17) is 5.11 Å². The number of aryl methyl sites for hydroxylation is 1. The number of hydrogen-bond acceptors (Lipinski definition) is 3. The Kier molecular flexibility index (Phi) is 3.64. The van der Waals surface area contributed by atoms with Gasteiger partial charge in [0.2, 0.25) is 6.41 Å². The number of hydrogen-bond donors (Lipinski definition) is 2. The Labute approximate surface area is 85.6 Å². The maximum Gasteiger partial charge on any atom is 0.326 e. The highest BCUT2D eigenvalue weighted by molar-refractivity contribution is 7.10. The predicted molar refractivity (Wildman–Crippen MR) is 53.4 cm³/mol. The summed E-state index contributed by atoms with van der Waals surface area (Å²) in [6.07, 6.45) is 0.763. The molecule has 1 heterocycles. The van der Waals surface area contributed by atoms with E-state index >= 15 is 0 Å². The maximum absolute atomic E-state index is 10.7. The summed E-state index contributed by atoms with van der Waals surface area (Å²) in [5.41, 5.74) is 1.06. The van der Waals surface area contributed by atoms with Crippen LogP contribution in [-0.4, -0.2) is 23.5 Å². The highest BCUT2D eigenvalue weighted by Crippen LogP contribution is 2.17. The van der Waals surface area contributed by atoms with Gasteiger partial charge in [-0.15, -0.1) is 11.3 Å². The summed E-state index contributed by atoms with van der Waals surface area (Å²) in [5.74, 6) is -1.01. The second-order valence-corrected chi connectivity index (χ2v) is 3.91. The second kappa shape index (κ2) is 4.76. The SMILES string of the molecule is Cc1ccsc1CC(NC=O)C(=O)O. The summed E-state index contributed by atoms with van der Waals surface area (Å²) in [6.45, 7) is 1.92. The van der Waals surface area contributed by atoms with Gasteiger partial charge in [0.25, 0.3) is 0 Å². The molecular formula is C9H11NO3S. The van der Waals surface area contributed by atoms with Gasteiger partial charge in [-0.3, -0.25) is 4.79 Å². The first-order chi connectivity index (χ1) is 6.65. The molecule has 76 valence electrons. The summed E-state index contributed by atoms with van der Waals surface area (Å²) in [7, 11) is 0. The van der Waals surface area contributed by atoms with E-state index in [1.165, 1.54) is 11.3 Å². The average molecular weight is 213 g/mol. The second-order valence-electron chi connectivity index (χ2n) is 2.91. The first-order valence-electron chi connectivity index (χ1n) is 4.10. The van der Waals surface area contributed by atoms with Crippen molar-refractivity contribution in [3.63, 3.8) is 0 Å². The third-order valence-electron chi connectivity index (χ3n) is 1.93. The Balaban J connectivity index is 2.69. The van der Waals surface area contributed by atoms with Gasteiger partial charge >= 0.3 is 5.97 Å². The summed E-state index contributed by atoms with van der Waals surface area (Å²) in [4.78, 5) is 21.9. The van der Waals surface area contributed by atoms with Gasteiger partial charge in [-0.1, -0.05) is 0 Å². The normalized spacial score (nSPS) is 12.1. The standard InChI is InChI=1S/C9H11NO3S/c1-6-2-3-14-8(6)4-7(9(12)13)10-5-11/h2-3,5,7H,4H2,1H3,(H,10,11)(H,12,13). The van der Waals surface area contributed by atoms with Crippen molar-refractivity contribution in [2.45, 2.75) is 19.4 Å². The fraction of sp³-hybridized carbons (Fsp3) is 0.333. The first kappa shape index (κ1) is 10.7. The third-order valence-corrected chi connectivity index (χ3v) is 2.97. The molecule has 0 aromatic carbocycles. The molecule has 1 amide bonds. The Hall–Kier alpha value is -1.36. The number of carboxylic acid groups (broad SMARTS) is 1. The molecule has 2 N–H and O–H groups in total. The van der Waals surface area contributed by atoms with Crippen LogP contribution in [0.25, 0.3) is 0 Å². The Morgan fingerprint density at radius 3 is 2.93 bits per heavy atom. The minimum Gasteiger partial charge on any atom is -0.480 e. The molecule has 0 aliphatic rings. The Morgan fingerprint density at radius 1 is 1.79 bits per heavy atom. The van der Waals surface area contributed by atoms with Gasteiger partial charge in [-0.25, -0.2) is 4.79 Å². The lowest BCUT2D eigenvalue weighted by Crippen LogP contribution is -2.37. The summed E-state index contributed by atoms with van der Waals surface area (Å²) >= 11 is 1.50.